The van der Waals surface area contributed by atoms with Gasteiger partial charge in [0.15, 0.2) is 5.60 Å². The van der Waals surface area contributed by atoms with Crippen LogP contribution in [0.25, 0.3) is 0 Å². The summed E-state index contributed by atoms with van der Waals surface area (Å²) in [6.45, 7) is 0. The maximum absolute atomic E-state index is 10.3. The van der Waals surface area contributed by atoms with Crippen molar-refractivity contribution in [1.29, 1.82) is 0 Å². The van der Waals surface area contributed by atoms with Crippen LogP contribution in [0.15, 0.2) is 0 Å². The quantitative estimate of drug-likeness (QED) is 0.404. The highest BCUT2D eigenvalue weighted by Crippen LogP contribution is 2.15. The highest BCUT2D eigenvalue weighted by Gasteiger charge is 2.40. The minimum Gasteiger partial charge on any atom is -0.481 e. The summed E-state index contributed by atoms with van der Waals surface area (Å²) in [4.78, 5) is 32.5. The van der Waals surface area contributed by atoms with Gasteiger partial charge in [-0.2, -0.15) is 0 Å². The zero-order valence-electron chi connectivity index (χ0n) is 7.81. The summed E-state index contributed by atoms with van der Waals surface area (Å²) in [6.07, 6.45) is -2.29. The lowest BCUT2D eigenvalue weighted by Crippen LogP contribution is -2.42. The van der Waals surface area contributed by atoms with Crippen LogP contribution in [0.2, 0.25) is 0 Å². The van der Waals surface area contributed by atoms with Crippen molar-refractivity contribution in [1.82, 2.24) is 0 Å². The monoisotopic (exact) mass is 334 g/mol. The number of hydrogen-bond donors (Lipinski definition) is 4. The van der Waals surface area contributed by atoms with Gasteiger partial charge in [-0.25, -0.2) is 4.79 Å². The molecule has 0 amide bonds. The van der Waals surface area contributed by atoms with Crippen LogP contribution in [0.5, 0.6) is 0 Å². The molecule has 0 saturated heterocycles. The Hall–Kier alpha value is -0.900. The number of aliphatic hydroxyl groups is 1. The Balaban J connectivity index is 0. The molecule has 15 heavy (non-hydrogen) atoms. The fourth-order valence-electron chi connectivity index (χ4n) is 0.714. The third kappa shape index (κ3) is 7.08. The Morgan fingerprint density at radius 1 is 1.00 bits per heavy atom. The Labute approximate surface area is 98.9 Å². The minimum absolute atomic E-state index is 1.14. The largest absolute Gasteiger partial charge is 0.481 e. The van der Waals surface area contributed by atoms with Gasteiger partial charge < -0.3 is 20.4 Å². The highest BCUT2D eigenvalue weighted by molar-refractivity contribution is 14.1. The van der Waals surface area contributed by atoms with Crippen LogP contribution < -0.4 is 0 Å². The molecule has 88 valence electrons. The summed E-state index contributed by atoms with van der Waals surface area (Å²) in [6, 6.07) is 0. The molecule has 0 aromatic rings. The van der Waals surface area contributed by atoms with Gasteiger partial charge in [0.1, 0.15) is 0 Å². The first-order valence-corrected chi connectivity index (χ1v) is 5.71. The van der Waals surface area contributed by atoms with E-state index >= 15 is 0 Å². The van der Waals surface area contributed by atoms with E-state index in [1.54, 1.807) is 0 Å². The molecule has 0 aromatic carbocycles. The third-order valence-electron chi connectivity index (χ3n) is 1.29. The van der Waals surface area contributed by atoms with Crippen molar-refractivity contribution in [3.8, 4) is 0 Å². The summed E-state index contributed by atoms with van der Waals surface area (Å²) in [7, 11) is 0. The van der Waals surface area contributed by atoms with Crippen LogP contribution in [0.3, 0.4) is 0 Å². The molecule has 4 N–H and O–H groups in total. The van der Waals surface area contributed by atoms with E-state index in [0.29, 0.717) is 0 Å². The molecule has 0 rings (SSSR count). The van der Waals surface area contributed by atoms with Gasteiger partial charge in [-0.1, -0.05) is 22.6 Å². The van der Waals surface area contributed by atoms with Crippen molar-refractivity contribution in [2.24, 2.45) is 0 Å². The van der Waals surface area contributed by atoms with Gasteiger partial charge in [0, 0.05) is 0 Å². The molecule has 0 aliphatic carbocycles. The van der Waals surface area contributed by atoms with Gasteiger partial charge in [-0.05, 0) is 4.93 Å². The molecule has 0 aromatic heterocycles. The molecule has 0 heterocycles. The van der Waals surface area contributed by atoms with E-state index in [2.05, 4.69) is 22.6 Å². The van der Waals surface area contributed by atoms with Crippen molar-refractivity contribution in [2.75, 3.05) is 4.93 Å². The van der Waals surface area contributed by atoms with Crippen molar-refractivity contribution in [3.63, 3.8) is 0 Å². The summed E-state index contributed by atoms with van der Waals surface area (Å²) in [5, 5.41) is 33.8. The second kappa shape index (κ2) is 7.40. The van der Waals surface area contributed by atoms with Gasteiger partial charge in [0.05, 0.1) is 12.8 Å². The van der Waals surface area contributed by atoms with Crippen molar-refractivity contribution >= 4 is 40.5 Å². The molecule has 0 aliphatic rings. The van der Waals surface area contributed by atoms with Crippen LogP contribution in [-0.2, 0) is 14.4 Å². The van der Waals surface area contributed by atoms with Crippen LogP contribution in [-0.4, -0.2) is 48.9 Å². The lowest BCUT2D eigenvalue weighted by molar-refractivity contribution is -0.170. The lowest BCUT2D eigenvalue weighted by Gasteiger charge is -2.18. The smallest absolute Gasteiger partial charge is 0.336 e. The standard InChI is InChI=1S/C6H8O7.CH3I/c7-3(8)1-6(13,5(11)12)2-4(9)10;1-2/h13H,1-2H2,(H,7,8)(H,9,10)(H,11,12);1H3. The number of hydrogen-bond acceptors (Lipinski definition) is 4. The van der Waals surface area contributed by atoms with Crippen LogP contribution in [0, 0.1) is 0 Å². The number of carboxylic acids is 3. The Bertz CT molecular complexity index is 234. The predicted molar refractivity (Wildman–Crippen MR) is 57.0 cm³/mol. The highest BCUT2D eigenvalue weighted by atomic mass is 127. The van der Waals surface area contributed by atoms with Gasteiger partial charge >= 0.3 is 17.9 Å². The van der Waals surface area contributed by atoms with Gasteiger partial charge in [-0.3, -0.25) is 9.59 Å². The first kappa shape index (κ1) is 16.5. The van der Waals surface area contributed by atoms with Crippen molar-refractivity contribution in [3.05, 3.63) is 0 Å². The summed E-state index contributed by atoms with van der Waals surface area (Å²) >= 11 is 2.15. The number of alkyl halides is 1. The summed E-state index contributed by atoms with van der Waals surface area (Å²) in [5.74, 6) is -5.02. The minimum atomic E-state index is -2.74. The number of carboxylic acid groups (broad SMARTS) is 3. The zero-order chi connectivity index (χ0) is 12.6. The average Bonchev–Trinajstić information content (AvgIpc) is 2.04. The molecule has 0 saturated carbocycles. The molecule has 0 radical (unpaired) electrons. The van der Waals surface area contributed by atoms with Crippen LogP contribution in [0.1, 0.15) is 12.8 Å². The van der Waals surface area contributed by atoms with Crippen molar-refractivity contribution in [2.45, 2.75) is 18.4 Å². The molecule has 0 bridgehead atoms. The van der Waals surface area contributed by atoms with E-state index in [1.807, 2.05) is 4.93 Å². The van der Waals surface area contributed by atoms with Gasteiger partial charge in [-0.15, -0.1) is 0 Å². The van der Waals surface area contributed by atoms with E-state index in [0.717, 1.165) is 0 Å². The maximum atomic E-state index is 10.3. The van der Waals surface area contributed by atoms with Crippen LogP contribution >= 0.6 is 22.6 Å². The van der Waals surface area contributed by atoms with Gasteiger partial charge in [0.25, 0.3) is 0 Å². The summed E-state index contributed by atoms with van der Waals surface area (Å²) in [5.41, 5.74) is -2.74. The van der Waals surface area contributed by atoms with E-state index in [9.17, 15) is 14.4 Å². The van der Waals surface area contributed by atoms with Crippen molar-refractivity contribution < 1.29 is 34.8 Å². The number of rotatable bonds is 5. The molecule has 7 nitrogen and oxygen atoms in total. The third-order valence-corrected chi connectivity index (χ3v) is 1.29. The molecule has 0 spiro atoms. The number of halogens is 1. The molecule has 0 fully saturated rings. The first-order chi connectivity index (χ1) is 6.78. The first-order valence-electron chi connectivity index (χ1n) is 3.55. The number of aliphatic carboxylic acids is 3. The maximum Gasteiger partial charge on any atom is 0.336 e. The van der Waals surface area contributed by atoms with Gasteiger partial charge in [0.2, 0.25) is 0 Å². The fourth-order valence-corrected chi connectivity index (χ4v) is 0.714. The Morgan fingerprint density at radius 2 is 1.27 bits per heavy atom. The molecular formula is C7H11IO7. The Morgan fingerprint density at radius 3 is 1.40 bits per heavy atom. The molecule has 0 unspecified atom stereocenters. The Kier molecular flexibility index (Phi) is 8.15. The molecule has 8 heteroatoms. The second-order valence-electron chi connectivity index (χ2n) is 2.48. The fraction of sp³-hybridized carbons (Fsp3) is 0.571. The predicted octanol–water partition coefficient (Wildman–Crippen LogP) is -0.197. The normalized spacial score (nSPS) is 9.80. The lowest BCUT2D eigenvalue weighted by atomic mass is 9.96. The van der Waals surface area contributed by atoms with Crippen LogP contribution in [0.4, 0.5) is 0 Å². The van der Waals surface area contributed by atoms with E-state index < -0.39 is 36.4 Å². The van der Waals surface area contributed by atoms with E-state index in [4.69, 9.17) is 20.4 Å². The average molecular weight is 334 g/mol. The molecular weight excluding hydrogens is 323 g/mol. The summed E-state index contributed by atoms with van der Waals surface area (Å²) < 4.78 is 0. The molecule has 0 aliphatic heterocycles. The van der Waals surface area contributed by atoms with E-state index in [-0.39, 0.29) is 0 Å². The second-order valence-corrected chi connectivity index (χ2v) is 2.48. The van der Waals surface area contributed by atoms with E-state index in [1.165, 1.54) is 0 Å². The topological polar surface area (TPSA) is 132 Å². The SMILES string of the molecule is CI.O=C(O)CC(O)(CC(=O)O)C(=O)O. The zero-order valence-corrected chi connectivity index (χ0v) is 9.96. The number of carbonyl (C=O) groups is 3. The molecule has 0 atom stereocenters.